The molecule has 0 bridgehead atoms. The lowest BCUT2D eigenvalue weighted by atomic mass is 10.0. The number of halogens is 1. The third-order valence-electron chi connectivity index (χ3n) is 3.56. The minimum atomic E-state index is 0.579. The van der Waals surface area contributed by atoms with Crippen molar-refractivity contribution in [3.05, 3.63) is 28.4 Å². The molecule has 1 N–H and O–H groups in total. The van der Waals surface area contributed by atoms with Gasteiger partial charge < -0.3 is 14.5 Å². The molecule has 3 nitrogen and oxygen atoms in total. The molecule has 1 saturated heterocycles. The Morgan fingerprint density at radius 3 is 3.17 bits per heavy atom. The molecule has 1 aromatic heterocycles. The van der Waals surface area contributed by atoms with E-state index in [1.807, 2.05) is 6.07 Å². The summed E-state index contributed by atoms with van der Waals surface area (Å²) in [6.45, 7) is 1.13. The van der Waals surface area contributed by atoms with Gasteiger partial charge >= 0.3 is 0 Å². The van der Waals surface area contributed by atoms with Crippen molar-refractivity contribution in [3.8, 4) is 5.75 Å². The number of furan rings is 1. The summed E-state index contributed by atoms with van der Waals surface area (Å²) >= 11 is 3.69. The Kier molecular flexibility index (Phi) is 3.31. The Balaban J connectivity index is 2.02. The zero-order valence-electron chi connectivity index (χ0n) is 10.3. The molecule has 3 rings (SSSR count). The van der Waals surface area contributed by atoms with E-state index in [-0.39, 0.29) is 0 Å². The fourth-order valence-corrected chi connectivity index (χ4v) is 3.22. The molecule has 18 heavy (non-hydrogen) atoms. The Bertz CT molecular complexity index is 558. The quantitative estimate of drug-likeness (QED) is 0.942. The Morgan fingerprint density at radius 1 is 1.56 bits per heavy atom. The van der Waals surface area contributed by atoms with Crippen molar-refractivity contribution in [1.82, 2.24) is 5.32 Å². The highest BCUT2D eigenvalue weighted by Crippen LogP contribution is 2.36. The highest BCUT2D eigenvalue weighted by Gasteiger charge is 2.19. The van der Waals surface area contributed by atoms with Gasteiger partial charge in [-0.15, -0.1) is 0 Å². The van der Waals surface area contributed by atoms with Crippen molar-refractivity contribution in [3.63, 3.8) is 0 Å². The van der Waals surface area contributed by atoms with E-state index in [2.05, 4.69) is 27.3 Å². The molecule has 0 radical (unpaired) electrons. The van der Waals surface area contributed by atoms with Crippen LogP contribution in [0.15, 0.2) is 27.3 Å². The normalized spacial score (nSPS) is 19.6. The molecule has 1 aromatic carbocycles. The summed E-state index contributed by atoms with van der Waals surface area (Å²) in [6.07, 6.45) is 5.25. The number of rotatable bonds is 3. The predicted octanol–water partition coefficient (Wildman–Crippen LogP) is 3.50. The molecule has 0 saturated carbocycles. The number of hydrogen-bond acceptors (Lipinski definition) is 3. The van der Waals surface area contributed by atoms with Crippen molar-refractivity contribution < 1.29 is 9.15 Å². The third-order valence-corrected chi connectivity index (χ3v) is 4.50. The third kappa shape index (κ3) is 2.04. The van der Waals surface area contributed by atoms with Gasteiger partial charge in [0.05, 0.1) is 13.4 Å². The van der Waals surface area contributed by atoms with Crippen LogP contribution in [-0.2, 0) is 6.42 Å². The lowest BCUT2D eigenvalue weighted by molar-refractivity contribution is 0.409. The van der Waals surface area contributed by atoms with Gasteiger partial charge in [-0.05, 0) is 59.4 Å². The van der Waals surface area contributed by atoms with Gasteiger partial charge in [-0.1, -0.05) is 0 Å². The molecule has 0 spiro atoms. The van der Waals surface area contributed by atoms with Crippen LogP contribution in [0.2, 0.25) is 0 Å². The van der Waals surface area contributed by atoms with Gasteiger partial charge in [-0.3, -0.25) is 0 Å². The lowest BCUT2D eigenvalue weighted by Crippen LogP contribution is -2.23. The Labute approximate surface area is 115 Å². The summed E-state index contributed by atoms with van der Waals surface area (Å²) in [4.78, 5) is 0. The molecule has 1 aliphatic rings. The molecule has 0 amide bonds. The van der Waals surface area contributed by atoms with E-state index in [4.69, 9.17) is 9.15 Å². The van der Waals surface area contributed by atoms with Crippen molar-refractivity contribution in [2.24, 2.45) is 0 Å². The molecular weight excluding hydrogens is 294 g/mol. The lowest BCUT2D eigenvalue weighted by Gasteiger charge is -2.13. The number of fused-ring (bicyclic) bond motifs is 1. The van der Waals surface area contributed by atoms with Crippen LogP contribution >= 0.6 is 15.9 Å². The zero-order valence-corrected chi connectivity index (χ0v) is 11.9. The highest BCUT2D eigenvalue weighted by atomic mass is 79.9. The second-order valence-corrected chi connectivity index (χ2v) is 5.51. The van der Waals surface area contributed by atoms with Crippen molar-refractivity contribution in [1.29, 1.82) is 0 Å². The minimum absolute atomic E-state index is 0.579. The fourth-order valence-electron chi connectivity index (χ4n) is 2.63. The first-order valence-corrected chi connectivity index (χ1v) is 7.05. The molecule has 1 aliphatic heterocycles. The molecule has 2 aromatic rings. The average molecular weight is 310 g/mol. The Hall–Kier alpha value is -1.00. The van der Waals surface area contributed by atoms with Gasteiger partial charge in [0.15, 0.2) is 11.3 Å². The van der Waals surface area contributed by atoms with Gasteiger partial charge in [0.2, 0.25) is 0 Å². The van der Waals surface area contributed by atoms with Crippen LogP contribution in [0, 0.1) is 0 Å². The molecule has 1 fully saturated rings. The van der Waals surface area contributed by atoms with E-state index >= 15 is 0 Å². The standard InChI is InChI=1S/C14H16BrNO2/c1-17-12-8-9(7-10-3-2-5-16-10)13(15)11-4-6-18-14(11)12/h4,6,8,10,16H,2-3,5,7H2,1H3. The first kappa shape index (κ1) is 12.1. The van der Waals surface area contributed by atoms with Crippen molar-refractivity contribution in [2.45, 2.75) is 25.3 Å². The van der Waals surface area contributed by atoms with Gasteiger partial charge in [0.25, 0.3) is 0 Å². The maximum atomic E-state index is 5.48. The van der Waals surface area contributed by atoms with Crippen LogP contribution in [-0.4, -0.2) is 19.7 Å². The summed E-state index contributed by atoms with van der Waals surface area (Å²) in [7, 11) is 1.68. The molecule has 1 unspecified atom stereocenters. The van der Waals surface area contributed by atoms with Gasteiger partial charge in [-0.2, -0.15) is 0 Å². The molecule has 0 aliphatic carbocycles. The first-order valence-electron chi connectivity index (χ1n) is 6.25. The second kappa shape index (κ2) is 4.94. The summed E-state index contributed by atoms with van der Waals surface area (Å²) in [5, 5.41) is 4.61. The number of nitrogens with one attached hydrogen (secondary N) is 1. The summed E-state index contributed by atoms with van der Waals surface area (Å²) in [5.41, 5.74) is 2.09. The topological polar surface area (TPSA) is 34.4 Å². The van der Waals surface area contributed by atoms with E-state index < -0.39 is 0 Å². The van der Waals surface area contributed by atoms with Crippen molar-refractivity contribution >= 4 is 26.9 Å². The SMILES string of the molecule is COc1cc(CC2CCCN2)c(Br)c2ccoc12. The van der Waals surface area contributed by atoms with Crippen LogP contribution in [0.5, 0.6) is 5.75 Å². The summed E-state index contributed by atoms with van der Waals surface area (Å²) in [6, 6.07) is 4.64. The number of benzene rings is 1. The van der Waals surface area contributed by atoms with Gasteiger partial charge in [0, 0.05) is 15.9 Å². The fraction of sp³-hybridized carbons (Fsp3) is 0.429. The van der Waals surface area contributed by atoms with E-state index in [0.29, 0.717) is 6.04 Å². The van der Waals surface area contributed by atoms with Crippen LogP contribution in [0.3, 0.4) is 0 Å². The Morgan fingerprint density at radius 2 is 2.44 bits per heavy atom. The zero-order chi connectivity index (χ0) is 12.5. The smallest absolute Gasteiger partial charge is 0.176 e. The molecule has 1 atom stereocenters. The molecule has 4 heteroatoms. The summed E-state index contributed by atoms with van der Waals surface area (Å²) in [5.74, 6) is 0.811. The molecular formula is C14H16BrNO2. The minimum Gasteiger partial charge on any atom is -0.493 e. The molecule has 2 heterocycles. The maximum absolute atomic E-state index is 5.48. The highest BCUT2D eigenvalue weighted by molar-refractivity contribution is 9.10. The van der Waals surface area contributed by atoms with Crippen LogP contribution in [0.4, 0.5) is 0 Å². The molecule has 96 valence electrons. The van der Waals surface area contributed by atoms with E-state index in [9.17, 15) is 0 Å². The van der Waals surface area contributed by atoms with E-state index in [1.54, 1.807) is 13.4 Å². The van der Waals surface area contributed by atoms with E-state index in [1.165, 1.54) is 18.4 Å². The van der Waals surface area contributed by atoms with Crippen molar-refractivity contribution in [2.75, 3.05) is 13.7 Å². The maximum Gasteiger partial charge on any atom is 0.176 e. The monoisotopic (exact) mass is 309 g/mol. The average Bonchev–Trinajstić information content (AvgIpc) is 3.03. The van der Waals surface area contributed by atoms with Gasteiger partial charge in [-0.25, -0.2) is 0 Å². The number of ether oxygens (including phenoxy) is 1. The van der Waals surface area contributed by atoms with Gasteiger partial charge in [0.1, 0.15) is 0 Å². The van der Waals surface area contributed by atoms with E-state index in [0.717, 1.165) is 34.2 Å². The largest absolute Gasteiger partial charge is 0.493 e. The number of hydrogen-bond donors (Lipinski definition) is 1. The predicted molar refractivity (Wildman–Crippen MR) is 75.2 cm³/mol. The number of methoxy groups -OCH3 is 1. The second-order valence-electron chi connectivity index (χ2n) is 4.71. The first-order chi connectivity index (χ1) is 8.79. The van der Waals surface area contributed by atoms with Crippen LogP contribution < -0.4 is 10.1 Å². The van der Waals surface area contributed by atoms with Crippen LogP contribution in [0.1, 0.15) is 18.4 Å². The van der Waals surface area contributed by atoms with Crippen LogP contribution in [0.25, 0.3) is 11.0 Å². The summed E-state index contributed by atoms with van der Waals surface area (Å²) < 4.78 is 12.0.